The van der Waals surface area contributed by atoms with Crippen molar-refractivity contribution in [3.05, 3.63) is 29.8 Å². The molecule has 0 spiro atoms. The molecular weight excluding hydrogens is 238 g/mol. The van der Waals surface area contributed by atoms with Gasteiger partial charge in [0.25, 0.3) is 5.91 Å². The highest BCUT2D eigenvalue weighted by molar-refractivity contribution is 5.98. The summed E-state index contributed by atoms with van der Waals surface area (Å²) in [4.78, 5) is 13.7. The fourth-order valence-corrected chi connectivity index (χ4v) is 2.94. The molecule has 104 valence electrons. The number of carbonyl (C=O) groups is 1. The molecule has 4 nitrogen and oxygen atoms in total. The number of benzene rings is 1. The third-order valence-corrected chi connectivity index (χ3v) is 4.20. The molecule has 1 fully saturated rings. The summed E-state index contributed by atoms with van der Waals surface area (Å²) >= 11 is 0. The highest BCUT2D eigenvalue weighted by Gasteiger charge is 2.24. The number of para-hydroxylation sites is 1. The number of nitrogens with one attached hydrogen (secondary N) is 1. The predicted molar refractivity (Wildman–Crippen MR) is 78.5 cm³/mol. The quantitative estimate of drug-likeness (QED) is 0.868. The van der Waals surface area contributed by atoms with Crippen LogP contribution in [0.4, 0.5) is 5.69 Å². The second-order valence-corrected chi connectivity index (χ2v) is 5.29. The molecule has 1 aromatic carbocycles. The number of hydrogen-bond acceptors (Lipinski definition) is 3. The molecule has 1 aromatic rings. The molecule has 0 aromatic heterocycles. The zero-order valence-electron chi connectivity index (χ0n) is 11.7. The lowest BCUT2D eigenvalue weighted by molar-refractivity contribution is 0.100. The topological polar surface area (TPSA) is 58.4 Å². The van der Waals surface area contributed by atoms with Crippen molar-refractivity contribution in [1.82, 2.24) is 5.32 Å². The van der Waals surface area contributed by atoms with E-state index in [1.165, 1.54) is 12.8 Å². The number of nitrogens with zero attached hydrogens (tertiary/aromatic N) is 1. The molecule has 0 heterocycles. The number of carbonyl (C=O) groups excluding carboxylic acids is 1. The average Bonchev–Trinajstić information content (AvgIpc) is 2.46. The van der Waals surface area contributed by atoms with Gasteiger partial charge in [0.15, 0.2) is 0 Å². The lowest BCUT2D eigenvalue weighted by Crippen LogP contribution is -2.40. The van der Waals surface area contributed by atoms with Crippen LogP contribution in [0.25, 0.3) is 0 Å². The first-order valence-corrected chi connectivity index (χ1v) is 6.92. The van der Waals surface area contributed by atoms with Gasteiger partial charge in [0.05, 0.1) is 5.56 Å². The van der Waals surface area contributed by atoms with Crippen LogP contribution in [0.15, 0.2) is 24.3 Å². The molecule has 1 saturated carbocycles. The molecule has 0 unspecified atom stereocenters. The molecule has 19 heavy (non-hydrogen) atoms. The van der Waals surface area contributed by atoms with E-state index in [1.807, 2.05) is 25.2 Å². The van der Waals surface area contributed by atoms with Crippen LogP contribution in [0, 0.1) is 0 Å². The molecule has 1 amide bonds. The van der Waals surface area contributed by atoms with Crippen molar-refractivity contribution in [2.45, 2.75) is 37.8 Å². The fraction of sp³-hybridized carbons (Fsp3) is 0.533. The minimum atomic E-state index is -0.355. The van der Waals surface area contributed by atoms with Crippen LogP contribution in [0.2, 0.25) is 0 Å². The largest absolute Gasteiger partial charge is 0.371 e. The van der Waals surface area contributed by atoms with Gasteiger partial charge >= 0.3 is 0 Å². The summed E-state index contributed by atoms with van der Waals surface area (Å²) in [5, 5.41) is 3.34. The number of primary amides is 1. The van der Waals surface area contributed by atoms with Crippen LogP contribution in [0.5, 0.6) is 0 Å². The molecule has 1 aliphatic carbocycles. The van der Waals surface area contributed by atoms with Crippen molar-refractivity contribution in [1.29, 1.82) is 0 Å². The minimum absolute atomic E-state index is 0.355. The van der Waals surface area contributed by atoms with Gasteiger partial charge in [-0.2, -0.15) is 0 Å². The first-order chi connectivity index (χ1) is 9.13. The number of hydrogen-bond donors (Lipinski definition) is 2. The van der Waals surface area contributed by atoms with Crippen molar-refractivity contribution in [3.63, 3.8) is 0 Å². The SMILES string of the molecule is CNC1CCC(N(C)c2ccccc2C(N)=O)CC1. The lowest BCUT2D eigenvalue weighted by Gasteiger charge is -2.36. The van der Waals surface area contributed by atoms with E-state index < -0.39 is 0 Å². The van der Waals surface area contributed by atoms with Gasteiger partial charge in [0.1, 0.15) is 0 Å². The average molecular weight is 261 g/mol. The van der Waals surface area contributed by atoms with Crippen LogP contribution < -0.4 is 16.0 Å². The highest BCUT2D eigenvalue weighted by Crippen LogP contribution is 2.28. The summed E-state index contributed by atoms with van der Waals surface area (Å²) in [5.74, 6) is -0.355. The summed E-state index contributed by atoms with van der Waals surface area (Å²) in [6.07, 6.45) is 4.67. The van der Waals surface area contributed by atoms with Crippen molar-refractivity contribution in [2.75, 3.05) is 19.0 Å². The first kappa shape index (κ1) is 13.9. The Bertz CT molecular complexity index is 439. The van der Waals surface area contributed by atoms with E-state index in [-0.39, 0.29) is 5.91 Å². The number of anilines is 1. The molecule has 0 atom stereocenters. The molecule has 3 N–H and O–H groups in total. The van der Waals surface area contributed by atoms with E-state index in [1.54, 1.807) is 6.07 Å². The molecular formula is C15H23N3O. The Kier molecular flexibility index (Phi) is 4.43. The lowest BCUT2D eigenvalue weighted by atomic mass is 9.90. The normalized spacial score (nSPS) is 23.1. The van der Waals surface area contributed by atoms with E-state index in [0.29, 0.717) is 17.6 Å². The second-order valence-electron chi connectivity index (χ2n) is 5.29. The highest BCUT2D eigenvalue weighted by atomic mass is 16.1. The maximum Gasteiger partial charge on any atom is 0.250 e. The predicted octanol–water partition coefficient (Wildman–Crippen LogP) is 1.75. The van der Waals surface area contributed by atoms with Crippen LogP contribution >= 0.6 is 0 Å². The Balaban J connectivity index is 2.12. The van der Waals surface area contributed by atoms with Gasteiger partial charge in [-0.15, -0.1) is 0 Å². The number of rotatable bonds is 4. The second kappa shape index (κ2) is 6.06. The van der Waals surface area contributed by atoms with Gasteiger partial charge in [-0.1, -0.05) is 12.1 Å². The number of nitrogens with two attached hydrogens (primary N) is 1. The summed E-state index contributed by atoms with van der Waals surface area (Å²) < 4.78 is 0. The van der Waals surface area contributed by atoms with Crippen molar-refractivity contribution in [3.8, 4) is 0 Å². The van der Waals surface area contributed by atoms with Gasteiger partial charge in [-0.3, -0.25) is 4.79 Å². The Hall–Kier alpha value is -1.55. The van der Waals surface area contributed by atoms with Gasteiger partial charge < -0.3 is 16.0 Å². The van der Waals surface area contributed by atoms with Crippen LogP contribution in [-0.2, 0) is 0 Å². The third kappa shape index (κ3) is 3.07. The Labute approximate surface area is 115 Å². The Morgan fingerprint density at radius 3 is 2.47 bits per heavy atom. The summed E-state index contributed by atoms with van der Waals surface area (Å²) in [6.45, 7) is 0. The molecule has 0 bridgehead atoms. The minimum Gasteiger partial charge on any atom is -0.371 e. The van der Waals surface area contributed by atoms with Gasteiger partial charge in [-0.25, -0.2) is 0 Å². The molecule has 0 saturated heterocycles. The van der Waals surface area contributed by atoms with Crippen molar-refractivity contribution >= 4 is 11.6 Å². The molecule has 4 heteroatoms. The summed E-state index contributed by atoms with van der Waals surface area (Å²) in [5.41, 5.74) is 7.01. The zero-order valence-corrected chi connectivity index (χ0v) is 11.7. The molecule has 0 aliphatic heterocycles. The van der Waals surface area contributed by atoms with Crippen molar-refractivity contribution in [2.24, 2.45) is 5.73 Å². The van der Waals surface area contributed by atoms with E-state index in [2.05, 4.69) is 17.3 Å². The summed E-state index contributed by atoms with van der Waals surface area (Å²) in [7, 11) is 4.09. The van der Waals surface area contributed by atoms with Crippen LogP contribution in [0.1, 0.15) is 36.0 Å². The summed E-state index contributed by atoms with van der Waals surface area (Å²) in [6, 6.07) is 8.71. The Morgan fingerprint density at radius 1 is 1.26 bits per heavy atom. The number of amides is 1. The Morgan fingerprint density at radius 2 is 1.89 bits per heavy atom. The van der Waals surface area contributed by atoms with E-state index in [0.717, 1.165) is 18.5 Å². The zero-order chi connectivity index (χ0) is 13.8. The smallest absolute Gasteiger partial charge is 0.250 e. The standard InChI is InChI=1S/C15H23N3O/c1-17-11-7-9-12(10-8-11)18(2)14-6-4-3-5-13(14)15(16)19/h3-6,11-12,17H,7-10H2,1-2H3,(H2,16,19). The van der Waals surface area contributed by atoms with E-state index in [4.69, 9.17) is 5.73 Å². The first-order valence-electron chi connectivity index (χ1n) is 6.92. The van der Waals surface area contributed by atoms with Gasteiger partial charge in [0, 0.05) is 24.8 Å². The third-order valence-electron chi connectivity index (χ3n) is 4.20. The molecule has 0 radical (unpaired) electrons. The van der Waals surface area contributed by atoms with Gasteiger partial charge in [0.2, 0.25) is 0 Å². The van der Waals surface area contributed by atoms with Crippen LogP contribution in [0.3, 0.4) is 0 Å². The monoisotopic (exact) mass is 261 g/mol. The maximum atomic E-state index is 11.5. The fourth-order valence-electron chi connectivity index (χ4n) is 2.94. The maximum absolute atomic E-state index is 11.5. The van der Waals surface area contributed by atoms with E-state index >= 15 is 0 Å². The van der Waals surface area contributed by atoms with E-state index in [9.17, 15) is 4.79 Å². The molecule has 2 rings (SSSR count). The van der Waals surface area contributed by atoms with Gasteiger partial charge in [-0.05, 0) is 44.9 Å². The molecule has 1 aliphatic rings. The van der Waals surface area contributed by atoms with Crippen LogP contribution in [-0.4, -0.2) is 32.1 Å². The van der Waals surface area contributed by atoms with Crippen molar-refractivity contribution < 1.29 is 4.79 Å².